The predicted molar refractivity (Wildman–Crippen MR) is 65.9 cm³/mol. The number of hydrogen-bond donors (Lipinski definition) is 0. The van der Waals surface area contributed by atoms with E-state index in [0.29, 0.717) is 0 Å². The molecule has 0 radical (unpaired) electrons. The smallest absolute Gasteiger partial charge is 0.432 e. The molecule has 0 saturated carbocycles. The highest BCUT2D eigenvalue weighted by atomic mass is 32.2. The average molecular weight is 337 g/mol. The molecule has 0 aliphatic rings. The molecule has 1 unspecified atom stereocenters. The summed E-state index contributed by atoms with van der Waals surface area (Å²) in [7, 11) is 0. The largest absolute Gasteiger partial charge is 0.755 e. The Labute approximate surface area is 122 Å². The van der Waals surface area contributed by atoms with Gasteiger partial charge in [-0.05, 0) is 0 Å². The summed E-state index contributed by atoms with van der Waals surface area (Å²) in [6.07, 6.45) is -1.61. The van der Waals surface area contributed by atoms with E-state index in [-0.39, 0.29) is 22.3 Å². The Morgan fingerprint density at radius 3 is 2.43 bits per heavy atom. The monoisotopic (exact) mass is 337 g/mol. The summed E-state index contributed by atoms with van der Waals surface area (Å²) in [5.41, 5.74) is 0.0187. The van der Waals surface area contributed by atoms with Gasteiger partial charge in [0, 0.05) is 12.1 Å². The highest BCUT2D eigenvalue weighted by Gasteiger charge is 2.27. The van der Waals surface area contributed by atoms with Crippen LogP contribution in [0.4, 0.5) is 23.7 Å². The van der Waals surface area contributed by atoms with E-state index >= 15 is 0 Å². The number of amides is 1. The van der Waals surface area contributed by atoms with Crippen molar-refractivity contribution < 1.29 is 31.5 Å². The summed E-state index contributed by atoms with van der Waals surface area (Å²) in [6, 6.07) is 0.461. The lowest BCUT2D eigenvalue weighted by Crippen LogP contribution is -2.36. The lowest BCUT2D eigenvalue weighted by molar-refractivity contribution is 0.209. The van der Waals surface area contributed by atoms with Gasteiger partial charge in [-0.1, -0.05) is 0 Å². The molecular formula is C10H4F3N2O4S2-. The first-order chi connectivity index (χ1) is 9.90. The van der Waals surface area contributed by atoms with Gasteiger partial charge in [0.15, 0.2) is 11.6 Å². The molecule has 21 heavy (non-hydrogen) atoms. The van der Waals surface area contributed by atoms with Gasteiger partial charge < -0.3 is 9.29 Å². The summed E-state index contributed by atoms with van der Waals surface area (Å²) < 4.78 is 66.2. The molecule has 0 spiro atoms. The molecule has 0 N–H and O–H groups in total. The van der Waals surface area contributed by atoms with E-state index in [1.807, 2.05) is 0 Å². The number of aromatic nitrogens is 1. The van der Waals surface area contributed by atoms with E-state index in [0.717, 1.165) is 11.3 Å². The zero-order chi connectivity index (χ0) is 15.6. The number of anilines is 1. The van der Waals surface area contributed by atoms with Crippen molar-refractivity contribution in [2.45, 2.75) is 0 Å². The van der Waals surface area contributed by atoms with Gasteiger partial charge in [0.05, 0.1) is 22.2 Å². The van der Waals surface area contributed by atoms with Gasteiger partial charge in [0.25, 0.3) is 0 Å². The minimum absolute atomic E-state index is 0.231. The van der Waals surface area contributed by atoms with Crippen LogP contribution < -0.4 is 9.04 Å². The molecule has 0 fully saturated rings. The zero-order valence-corrected chi connectivity index (χ0v) is 11.4. The van der Waals surface area contributed by atoms with E-state index in [1.165, 1.54) is 10.9 Å². The Hall–Kier alpha value is -1.98. The van der Waals surface area contributed by atoms with Crippen LogP contribution in [0.3, 0.4) is 0 Å². The molecule has 2 aromatic rings. The van der Waals surface area contributed by atoms with Crippen LogP contribution in [0.2, 0.25) is 0 Å². The van der Waals surface area contributed by atoms with Gasteiger partial charge >= 0.3 is 6.09 Å². The van der Waals surface area contributed by atoms with E-state index in [9.17, 15) is 26.7 Å². The molecule has 1 amide bonds. The van der Waals surface area contributed by atoms with Crippen LogP contribution in [-0.4, -0.2) is 19.8 Å². The summed E-state index contributed by atoms with van der Waals surface area (Å²) >= 11 is -2.34. The number of carbonyl (C=O) groups is 1. The number of hydrogen-bond acceptors (Lipinski definition) is 6. The third kappa shape index (κ3) is 3.37. The van der Waals surface area contributed by atoms with Crippen LogP contribution in [0.1, 0.15) is 0 Å². The van der Waals surface area contributed by atoms with Crippen molar-refractivity contribution in [3.05, 3.63) is 40.5 Å². The molecule has 112 valence electrons. The van der Waals surface area contributed by atoms with Crippen molar-refractivity contribution in [2.75, 3.05) is 4.31 Å². The van der Waals surface area contributed by atoms with Crippen molar-refractivity contribution >= 4 is 34.4 Å². The van der Waals surface area contributed by atoms with E-state index < -0.39 is 40.5 Å². The summed E-state index contributed by atoms with van der Waals surface area (Å²) in [4.78, 5) is 15.2. The minimum atomic E-state index is -3.39. The standard InChI is InChI=1S/C10H5F3N2O4S2/c11-5-1-6(12)9(7(13)2-5)15(21(17)18)10(16)19-8-3-20-4-14-8/h1-4H,(H,17,18)/p-1. The first-order valence-corrected chi connectivity index (χ1v) is 7.01. The van der Waals surface area contributed by atoms with Crippen LogP contribution in [0.25, 0.3) is 0 Å². The van der Waals surface area contributed by atoms with Crippen LogP contribution in [0.15, 0.2) is 23.0 Å². The number of ether oxygens (including phenoxy) is 1. The number of benzene rings is 1. The third-order valence-corrected chi connectivity index (χ3v) is 3.30. The number of rotatable bonds is 3. The average Bonchev–Trinajstić information content (AvgIpc) is 2.85. The highest BCUT2D eigenvalue weighted by Crippen LogP contribution is 2.26. The first-order valence-electron chi connectivity index (χ1n) is 5.04. The second-order valence-corrected chi connectivity index (χ2v) is 4.94. The molecule has 1 aromatic heterocycles. The van der Waals surface area contributed by atoms with Crippen LogP contribution in [0.5, 0.6) is 5.88 Å². The summed E-state index contributed by atoms with van der Waals surface area (Å²) in [6.45, 7) is 0. The van der Waals surface area contributed by atoms with Gasteiger partial charge in [-0.2, -0.15) is 4.31 Å². The molecule has 6 nitrogen and oxygen atoms in total. The maximum Gasteiger partial charge on any atom is 0.432 e. The molecule has 0 saturated heterocycles. The number of halogens is 3. The fourth-order valence-electron chi connectivity index (χ4n) is 1.34. The topological polar surface area (TPSA) is 82.6 Å². The zero-order valence-electron chi connectivity index (χ0n) is 9.79. The van der Waals surface area contributed by atoms with Crippen LogP contribution >= 0.6 is 11.3 Å². The Balaban J connectivity index is 2.40. The first kappa shape index (κ1) is 15.4. The molecule has 2 rings (SSSR count). The Morgan fingerprint density at radius 1 is 1.33 bits per heavy atom. The number of nitrogens with zero attached hydrogens (tertiary/aromatic N) is 2. The van der Waals surface area contributed by atoms with Gasteiger partial charge in [0.1, 0.15) is 11.5 Å². The van der Waals surface area contributed by atoms with Crippen LogP contribution in [-0.2, 0) is 11.3 Å². The predicted octanol–water partition coefficient (Wildman–Crippen LogP) is 2.36. The SMILES string of the molecule is O=C(Oc1cscn1)N(c1c(F)cc(F)cc1F)S(=O)[O-]. The molecule has 0 aliphatic heterocycles. The van der Waals surface area contributed by atoms with E-state index in [1.54, 1.807) is 0 Å². The van der Waals surface area contributed by atoms with Crippen molar-refractivity contribution in [3.63, 3.8) is 0 Å². The van der Waals surface area contributed by atoms with Crippen molar-refractivity contribution in [1.29, 1.82) is 0 Å². The second-order valence-electron chi connectivity index (χ2n) is 3.42. The molecule has 11 heteroatoms. The minimum Gasteiger partial charge on any atom is -0.755 e. The maximum atomic E-state index is 13.5. The van der Waals surface area contributed by atoms with E-state index in [2.05, 4.69) is 9.72 Å². The molecule has 0 bridgehead atoms. The number of thiazole rings is 1. The normalized spacial score (nSPS) is 12.0. The fraction of sp³-hybridized carbons (Fsp3) is 0. The summed E-state index contributed by atoms with van der Waals surface area (Å²) in [5.74, 6) is -4.67. The lowest BCUT2D eigenvalue weighted by atomic mass is 10.3. The highest BCUT2D eigenvalue weighted by molar-refractivity contribution is 7.81. The quantitative estimate of drug-likeness (QED) is 0.803. The van der Waals surface area contributed by atoms with Crippen molar-refractivity contribution in [1.82, 2.24) is 4.98 Å². The van der Waals surface area contributed by atoms with Gasteiger partial charge in [-0.15, -0.1) is 11.3 Å². The van der Waals surface area contributed by atoms with Gasteiger partial charge in [-0.3, -0.25) is 4.21 Å². The molecular weight excluding hydrogens is 333 g/mol. The maximum absolute atomic E-state index is 13.5. The Kier molecular flexibility index (Phi) is 4.55. The van der Waals surface area contributed by atoms with Gasteiger partial charge in [0.2, 0.25) is 5.88 Å². The fourth-order valence-corrected chi connectivity index (χ4v) is 2.27. The summed E-state index contributed by atoms with van der Waals surface area (Å²) in [5, 5.41) is 1.27. The van der Waals surface area contributed by atoms with E-state index in [4.69, 9.17) is 0 Å². The van der Waals surface area contributed by atoms with Gasteiger partial charge in [-0.25, -0.2) is 22.9 Å². The Bertz CT molecular complexity index is 673. The molecule has 1 heterocycles. The molecule has 1 aromatic carbocycles. The lowest BCUT2D eigenvalue weighted by Gasteiger charge is -2.23. The Morgan fingerprint density at radius 2 is 1.95 bits per heavy atom. The van der Waals surface area contributed by atoms with Crippen molar-refractivity contribution in [3.8, 4) is 5.88 Å². The second kappa shape index (κ2) is 6.20. The number of carbonyl (C=O) groups excluding carboxylic acids is 1. The third-order valence-electron chi connectivity index (χ3n) is 2.10. The van der Waals surface area contributed by atoms with Crippen molar-refractivity contribution in [2.24, 2.45) is 0 Å². The molecule has 0 aliphatic carbocycles. The molecule has 1 atom stereocenters. The van der Waals surface area contributed by atoms with Crippen LogP contribution in [0, 0.1) is 17.5 Å².